The summed E-state index contributed by atoms with van der Waals surface area (Å²) < 4.78 is 27.9. The van der Waals surface area contributed by atoms with Gasteiger partial charge in [-0.15, -0.1) is 0 Å². The maximum Gasteiger partial charge on any atom is 0.247 e. The Morgan fingerprint density at radius 1 is 0.913 bits per heavy atom. The van der Waals surface area contributed by atoms with Crippen LogP contribution in [0.2, 0.25) is 0 Å². The highest BCUT2D eigenvalue weighted by molar-refractivity contribution is 5.94. The molecule has 0 radical (unpaired) electrons. The predicted octanol–water partition coefficient (Wildman–Crippen LogP) is 4.54. The molecule has 242 valence electrons. The van der Waals surface area contributed by atoms with Gasteiger partial charge in [0.15, 0.2) is 0 Å². The standard InChI is InChI=1S/C36H40F2N4O4/c1-3-23(2)34(44)39-30-22-41(32(43)20-26-14-15-27(37)21-29(26)38)19-18-28-16-17-31(42(28)36(30)46)35(45)40-33(24-10-6-4-7-11-24)25-12-8-5-9-13-25/h4-15,21,23,28,30-31,33H,3,16-20,22H2,1-2H3,(H,39,44)(H,40,45)/t23-,28-,30+,31+/m1/s1. The summed E-state index contributed by atoms with van der Waals surface area (Å²) in [4.78, 5) is 57.8. The molecule has 2 saturated heterocycles. The van der Waals surface area contributed by atoms with Gasteiger partial charge in [0.25, 0.3) is 0 Å². The molecule has 2 aliphatic heterocycles. The molecule has 4 amide bonds. The van der Waals surface area contributed by atoms with Crippen LogP contribution in [-0.2, 0) is 25.6 Å². The smallest absolute Gasteiger partial charge is 0.247 e. The van der Waals surface area contributed by atoms with Crippen molar-refractivity contribution in [2.45, 2.75) is 70.1 Å². The Bertz CT molecular complexity index is 1510. The van der Waals surface area contributed by atoms with Crippen molar-refractivity contribution in [2.24, 2.45) is 5.92 Å². The van der Waals surface area contributed by atoms with E-state index in [0.717, 1.165) is 23.3 Å². The summed E-state index contributed by atoms with van der Waals surface area (Å²) in [5, 5.41) is 6.02. The molecule has 46 heavy (non-hydrogen) atoms. The quantitative estimate of drug-likeness (QED) is 0.363. The first kappa shape index (κ1) is 32.8. The van der Waals surface area contributed by atoms with Crippen LogP contribution in [0.5, 0.6) is 0 Å². The van der Waals surface area contributed by atoms with E-state index >= 15 is 0 Å². The average molecular weight is 631 g/mol. The minimum atomic E-state index is -1.10. The number of amides is 4. The third kappa shape index (κ3) is 7.43. The fourth-order valence-electron chi connectivity index (χ4n) is 6.29. The van der Waals surface area contributed by atoms with Gasteiger partial charge in [-0.05, 0) is 48.4 Å². The van der Waals surface area contributed by atoms with Crippen molar-refractivity contribution < 1.29 is 28.0 Å². The van der Waals surface area contributed by atoms with E-state index in [1.807, 2.05) is 67.6 Å². The molecule has 8 nitrogen and oxygen atoms in total. The summed E-state index contributed by atoms with van der Waals surface area (Å²) >= 11 is 0. The van der Waals surface area contributed by atoms with Crippen molar-refractivity contribution in [3.63, 3.8) is 0 Å². The van der Waals surface area contributed by atoms with Gasteiger partial charge < -0.3 is 20.4 Å². The van der Waals surface area contributed by atoms with Crippen LogP contribution < -0.4 is 10.6 Å². The zero-order valence-corrected chi connectivity index (χ0v) is 26.1. The second-order valence-corrected chi connectivity index (χ2v) is 12.2. The van der Waals surface area contributed by atoms with E-state index in [0.29, 0.717) is 25.7 Å². The van der Waals surface area contributed by atoms with Crippen LogP contribution in [0, 0.1) is 17.6 Å². The highest BCUT2D eigenvalue weighted by atomic mass is 19.1. The molecule has 5 rings (SSSR count). The maximum absolute atomic E-state index is 14.4. The van der Waals surface area contributed by atoms with Gasteiger partial charge in [-0.1, -0.05) is 80.6 Å². The lowest BCUT2D eigenvalue weighted by atomic mass is 9.98. The Balaban J connectivity index is 1.39. The van der Waals surface area contributed by atoms with E-state index in [9.17, 15) is 28.0 Å². The van der Waals surface area contributed by atoms with E-state index in [2.05, 4.69) is 10.6 Å². The number of hydrogen-bond donors (Lipinski definition) is 2. The number of nitrogens with one attached hydrogen (secondary N) is 2. The Morgan fingerprint density at radius 2 is 1.57 bits per heavy atom. The van der Waals surface area contributed by atoms with Crippen molar-refractivity contribution >= 4 is 23.6 Å². The monoisotopic (exact) mass is 630 g/mol. The second-order valence-electron chi connectivity index (χ2n) is 12.2. The number of benzene rings is 3. The Morgan fingerprint density at radius 3 is 2.17 bits per heavy atom. The molecule has 0 aromatic heterocycles. The number of fused-ring (bicyclic) bond motifs is 1. The van der Waals surface area contributed by atoms with Gasteiger partial charge in [0.1, 0.15) is 23.7 Å². The van der Waals surface area contributed by atoms with Gasteiger partial charge >= 0.3 is 0 Å². The molecule has 0 unspecified atom stereocenters. The first-order valence-corrected chi connectivity index (χ1v) is 15.9. The molecule has 2 heterocycles. The van der Waals surface area contributed by atoms with Crippen LogP contribution in [0.4, 0.5) is 8.78 Å². The molecule has 3 aromatic carbocycles. The first-order chi connectivity index (χ1) is 22.2. The molecule has 3 aromatic rings. The average Bonchev–Trinajstić information content (AvgIpc) is 3.49. The fourth-order valence-corrected chi connectivity index (χ4v) is 6.29. The van der Waals surface area contributed by atoms with Crippen LogP contribution in [0.1, 0.15) is 62.3 Å². The SMILES string of the molecule is CC[C@@H](C)C(=O)N[C@H]1CN(C(=O)Cc2ccc(F)cc2F)CC[C@H]2CC[C@@H](C(=O)NC(c3ccccc3)c3ccccc3)N2C1=O. The number of halogens is 2. The van der Waals surface area contributed by atoms with Crippen LogP contribution in [-0.4, -0.2) is 64.6 Å². The highest BCUT2D eigenvalue weighted by Gasteiger charge is 2.46. The zero-order chi connectivity index (χ0) is 32.8. The highest BCUT2D eigenvalue weighted by Crippen LogP contribution is 2.31. The molecule has 2 N–H and O–H groups in total. The number of hydrogen-bond acceptors (Lipinski definition) is 4. The summed E-state index contributed by atoms with van der Waals surface area (Å²) in [6.45, 7) is 3.74. The van der Waals surface area contributed by atoms with Crippen molar-refractivity contribution in [1.82, 2.24) is 20.4 Å². The summed E-state index contributed by atoms with van der Waals surface area (Å²) in [6, 6.07) is 19.7. The Labute approximate surface area is 268 Å². The van der Waals surface area contributed by atoms with E-state index in [1.54, 1.807) is 11.8 Å². The van der Waals surface area contributed by atoms with E-state index in [-0.39, 0.29) is 48.8 Å². The number of carbonyl (C=O) groups excluding carboxylic acids is 4. The molecule has 2 aliphatic rings. The summed E-state index contributed by atoms with van der Waals surface area (Å²) in [5.41, 5.74) is 1.85. The van der Waals surface area contributed by atoms with E-state index in [1.165, 1.54) is 11.0 Å². The third-order valence-electron chi connectivity index (χ3n) is 9.13. The second kappa shape index (κ2) is 14.7. The molecule has 0 saturated carbocycles. The van der Waals surface area contributed by atoms with Gasteiger partial charge in [-0.25, -0.2) is 8.78 Å². The van der Waals surface area contributed by atoms with Crippen LogP contribution in [0.3, 0.4) is 0 Å². The maximum atomic E-state index is 14.4. The van der Waals surface area contributed by atoms with Gasteiger partial charge in [0, 0.05) is 31.1 Å². The summed E-state index contributed by atoms with van der Waals surface area (Å²) in [7, 11) is 0. The number of carbonyl (C=O) groups is 4. The van der Waals surface area contributed by atoms with Crippen molar-refractivity contribution in [3.8, 4) is 0 Å². The molecule has 2 fully saturated rings. The van der Waals surface area contributed by atoms with Crippen LogP contribution in [0.25, 0.3) is 0 Å². The molecule has 0 spiro atoms. The molecule has 4 atom stereocenters. The lowest BCUT2D eigenvalue weighted by Crippen LogP contribution is -2.61. The van der Waals surface area contributed by atoms with Gasteiger partial charge in [-0.2, -0.15) is 0 Å². The fraction of sp³-hybridized carbons (Fsp3) is 0.389. The topological polar surface area (TPSA) is 98.8 Å². The Hall–Kier alpha value is -4.60. The number of rotatable bonds is 9. The van der Waals surface area contributed by atoms with Gasteiger partial charge in [-0.3, -0.25) is 19.2 Å². The van der Waals surface area contributed by atoms with E-state index < -0.39 is 41.6 Å². The van der Waals surface area contributed by atoms with Gasteiger partial charge in [0.05, 0.1) is 12.5 Å². The molecular formula is C36H40F2N4O4. The molecular weight excluding hydrogens is 590 g/mol. The normalized spacial score (nSPS) is 20.5. The predicted molar refractivity (Wildman–Crippen MR) is 169 cm³/mol. The lowest BCUT2D eigenvalue weighted by molar-refractivity contribution is -0.147. The minimum Gasteiger partial charge on any atom is -0.343 e. The van der Waals surface area contributed by atoms with Crippen molar-refractivity contribution in [3.05, 3.63) is 107 Å². The van der Waals surface area contributed by atoms with Crippen LogP contribution >= 0.6 is 0 Å². The molecule has 0 aliphatic carbocycles. The summed E-state index contributed by atoms with van der Waals surface area (Å²) in [5.74, 6) is -3.42. The number of nitrogens with zero attached hydrogens (tertiary/aromatic N) is 2. The molecule has 10 heteroatoms. The van der Waals surface area contributed by atoms with Crippen molar-refractivity contribution in [1.29, 1.82) is 0 Å². The Kier molecular flexibility index (Phi) is 10.4. The minimum absolute atomic E-state index is 0.0468. The van der Waals surface area contributed by atoms with Gasteiger partial charge in [0.2, 0.25) is 23.6 Å². The largest absolute Gasteiger partial charge is 0.343 e. The first-order valence-electron chi connectivity index (χ1n) is 15.9. The third-order valence-corrected chi connectivity index (χ3v) is 9.13. The molecule has 0 bridgehead atoms. The van der Waals surface area contributed by atoms with Crippen LogP contribution in [0.15, 0.2) is 78.9 Å². The van der Waals surface area contributed by atoms with Crippen molar-refractivity contribution in [2.75, 3.05) is 13.1 Å². The zero-order valence-electron chi connectivity index (χ0n) is 26.1. The summed E-state index contributed by atoms with van der Waals surface area (Å²) in [6.07, 6.45) is 1.63. The van der Waals surface area contributed by atoms with E-state index in [4.69, 9.17) is 0 Å². The lowest BCUT2D eigenvalue weighted by Gasteiger charge is -2.39.